The minimum Gasteiger partial charge on any atom is -0.506 e. The van der Waals surface area contributed by atoms with Crippen molar-refractivity contribution in [1.82, 2.24) is 15.2 Å². The number of hydrogen-bond acceptors (Lipinski definition) is 5. The fourth-order valence-electron chi connectivity index (χ4n) is 2.93. The van der Waals surface area contributed by atoms with Gasteiger partial charge in [-0.1, -0.05) is 0 Å². The highest BCUT2D eigenvalue weighted by Gasteiger charge is 2.22. The third kappa shape index (κ3) is 2.12. The second-order valence-electron chi connectivity index (χ2n) is 5.27. The average molecular weight is 361 g/mol. The number of aromatic amines is 1. The standard InChI is InChI=1S/C15H13BrN4O2/c16-10-5-12-13(8-3-1-2-4-11(8)22-12)9(14(10)21)6-17-15-18-7-19-20-15/h5-7,21H,1-4H2,(H,18,19,20). The van der Waals surface area contributed by atoms with Crippen LogP contribution in [0.3, 0.4) is 0 Å². The molecule has 0 atom stereocenters. The van der Waals surface area contributed by atoms with Crippen LogP contribution in [0.25, 0.3) is 11.0 Å². The van der Waals surface area contributed by atoms with Crippen LogP contribution in [-0.2, 0) is 12.8 Å². The summed E-state index contributed by atoms with van der Waals surface area (Å²) in [6, 6.07) is 1.81. The molecule has 0 saturated carbocycles. The van der Waals surface area contributed by atoms with Crippen molar-refractivity contribution in [2.75, 3.05) is 0 Å². The first-order chi connectivity index (χ1) is 10.7. The summed E-state index contributed by atoms with van der Waals surface area (Å²) >= 11 is 3.37. The van der Waals surface area contributed by atoms with Gasteiger partial charge in [0.25, 0.3) is 0 Å². The molecule has 0 fully saturated rings. The molecule has 7 heteroatoms. The van der Waals surface area contributed by atoms with Crippen LogP contribution in [-0.4, -0.2) is 26.5 Å². The molecule has 112 valence electrons. The van der Waals surface area contributed by atoms with Crippen molar-refractivity contribution in [3.63, 3.8) is 0 Å². The number of aliphatic imine (C=N–C) groups is 1. The van der Waals surface area contributed by atoms with Crippen LogP contribution < -0.4 is 0 Å². The molecule has 1 aliphatic carbocycles. The van der Waals surface area contributed by atoms with E-state index in [9.17, 15) is 5.11 Å². The summed E-state index contributed by atoms with van der Waals surface area (Å²) in [5.41, 5.74) is 2.60. The highest BCUT2D eigenvalue weighted by molar-refractivity contribution is 9.10. The zero-order chi connectivity index (χ0) is 15.1. The van der Waals surface area contributed by atoms with E-state index in [2.05, 4.69) is 36.1 Å². The molecule has 0 saturated heterocycles. The second-order valence-corrected chi connectivity index (χ2v) is 6.13. The number of phenols is 1. The van der Waals surface area contributed by atoms with Crippen molar-refractivity contribution in [3.8, 4) is 5.75 Å². The van der Waals surface area contributed by atoms with Gasteiger partial charge in [-0.2, -0.15) is 10.1 Å². The molecule has 1 aliphatic rings. The third-order valence-electron chi connectivity index (χ3n) is 3.93. The fraction of sp³-hybridized carbons (Fsp3) is 0.267. The van der Waals surface area contributed by atoms with Crippen molar-refractivity contribution in [2.45, 2.75) is 25.7 Å². The van der Waals surface area contributed by atoms with Crippen molar-refractivity contribution < 1.29 is 9.52 Å². The number of rotatable bonds is 2. The molecule has 0 bridgehead atoms. The SMILES string of the molecule is Oc1c(Br)cc2oc3c(c2c1C=Nc1ncn[nH]1)CCCC3. The lowest BCUT2D eigenvalue weighted by atomic mass is 9.94. The maximum atomic E-state index is 10.4. The molecule has 0 spiro atoms. The fourth-order valence-corrected chi connectivity index (χ4v) is 3.35. The summed E-state index contributed by atoms with van der Waals surface area (Å²) in [6.45, 7) is 0. The number of H-pyrrole nitrogens is 1. The summed E-state index contributed by atoms with van der Waals surface area (Å²) < 4.78 is 6.55. The number of phenolic OH excluding ortho intramolecular Hbond substituents is 1. The summed E-state index contributed by atoms with van der Waals surface area (Å²) in [6.07, 6.45) is 7.18. The first-order valence-corrected chi connectivity index (χ1v) is 7.88. The molecule has 2 heterocycles. The van der Waals surface area contributed by atoms with Crippen LogP contribution in [0.4, 0.5) is 5.95 Å². The molecule has 2 N–H and O–H groups in total. The van der Waals surface area contributed by atoms with Crippen LogP contribution in [0.5, 0.6) is 5.75 Å². The Morgan fingerprint density at radius 2 is 2.23 bits per heavy atom. The molecule has 0 radical (unpaired) electrons. The Hall–Kier alpha value is -2.15. The predicted molar refractivity (Wildman–Crippen MR) is 85.9 cm³/mol. The van der Waals surface area contributed by atoms with E-state index in [1.54, 1.807) is 6.21 Å². The minimum atomic E-state index is 0.157. The smallest absolute Gasteiger partial charge is 0.245 e. The zero-order valence-corrected chi connectivity index (χ0v) is 13.2. The summed E-state index contributed by atoms with van der Waals surface area (Å²) in [4.78, 5) is 8.20. The Kier molecular flexibility index (Phi) is 3.22. The first kappa shape index (κ1) is 13.5. The molecule has 1 aromatic carbocycles. The van der Waals surface area contributed by atoms with Gasteiger partial charge < -0.3 is 9.52 Å². The van der Waals surface area contributed by atoms with Crippen LogP contribution in [0.2, 0.25) is 0 Å². The van der Waals surface area contributed by atoms with E-state index in [1.165, 1.54) is 11.9 Å². The van der Waals surface area contributed by atoms with Crippen molar-refractivity contribution >= 4 is 39.1 Å². The van der Waals surface area contributed by atoms with Gasteiger partial charge in [0.15, 0.2) is 0 Å². The van der Waals surface area contributed by atoms with Gasteiger partial charge in [0.1, 0.15) is 23.4 Å². The Morgan fingerprint density at radius 1 is 1.36 bits per heavy atom. The first-order valence-electron chi connectivity index (χ1n) is 7.09. The maximum Gasteiger partial charge on any atom is 0.245 e. The van der Waals surface area contributed by atoms with Crippen LogP contribution >= 0.6 is 15.9 Å². The molecule has 4 rings (SSSR count). The van der Waals surface area contributed by atoms with Gasteiger partial charge in [-0.05, 0) is 41.3 Å². The lowest BCUT2D eigenvalue weighted by molar-refractivity contribution is 0.471. The van der Waals surface area contributed by atoms with Crippen molar-refractivity contribution in [3.05, 3.63) is 33.8 Å². The van der Waals surface area contributed by atoms with E-state index in [1.807, 2.05) is 6.07 Å². The number of aromatic hydroxyl groups is 1. The van der Waals surface area contributed by atoms with Gasteiger partial charge in [-0.25, -0.2) is 10.1 Å². The summed E-state index contributed by atoms with van der Waals surface area (Å²) in [5.74, 6) is 1.57. The van der Waals surface area contributed by atoms with E-state index in [0.717, 1.165) is 42.4 Å². The molecule has 0 amide bonds. The lowest BCUT2D eigenvalue weighted by Gasteiger charge is -2.10. The van der Waals surface area contributed by atoms with Gasteiger partial charge in [0.05, 0.1) is 4.47 Å². The lowest BCUT2D eigenvalue weighted by Crippen LogP contribution is -1.99. The van der Waals surface area contributed by atoms with E-state index < -0.39 is 0 Å². The molecule has 2 aromatic heterocycles. The summed E-state index contributed by atoms with van der Waals surface area (Å²) in [5, 5.41) is 17.8. The average Bonchev–Trinajstić information content (AvgIpc) is 3.15. The Morgan fingerprint density at radius 3 is 3.05 bits per heavy atom. The summed E-state index contributed by atoms with van der Waals surface area (Å²) in [7, 11) is 0. The second kappa shape index (κ2) is 5.24. The Balaban J connectivity index is 1.94. The predicted octanol–water partition coefficient (Wildman–Crippen LogP) is 3.65. The molecule has 22 heavy (non-hydrogen) atoms. The van der Waals surface area contributed by atoms with Crippen LogP contribution in [0, 0.1) is 0 Å². The molecule has 6 nitrogen and oxygen atoms in total. The van der Waals surface area contributed by atoms with Crippen LogP contribution in [0.1, 0.15) is 29.7 Å². The highest BCUT2D eigenvalue weighted by Crippen LogP contribution is 2.40. The number of halogens is 1. The number of aryl methyl sites for hydroxylation is 2. The number of nitrogens with one attached hydrogen (secondary N) is 1. The molecule has 0 unspecified atom stereocenters. The number of hydrogen-bond donors (Lipinski definition) is 2. The monoisotopic (exact) mass is 360 g/mol. The number of nitrogens with zero attached hydrogens (tertiary/aromatic N) is 3. The quantitative estimate of drug-likeness (QED) is 0.682. The van der Waals surface area contributed by atoms with Gasteiger partial charge in [-0.3, -0.25) is 0 Å². The Labute approximate surface area is 134 Å². The maximum absolute atomic E-state index is 10.4. The van der Waals surface area contributed by atoms with E-state index in [4.69, 9.17) is 4.42 Å². The van der Waals surface area contributed by atoms with E-state index >= 15 is 0 Å². The number of benzene rings is 1. The van der Waals surface area contributed by atoms with Gasteiger partial charge >= 0.3 is 0 Å². The molecule has 3 aromatic rings. The van der Waals surface area contributed by atoms with Crippen LogP contribution in [0.15, 0.2) is 26.3 Å². The van der Waals surface area contributed by atoms with E-state index in [-0.39, 0.29) is 5.75 Å². The molecule has 0 aliphatic heterocycles. The van der Waals surface area contributed by atoms with Crippen molar-refractivity contribution in [2.24, 2.45) is 4.99 Å². The third-order valence-corrected chi connectivity index (χ3v) is 4.53. The molecular weight excluding hydrogens is 348 g/mol. The Bertz CT molecular complexity index is 868. The van der Waals surface area contributed by atoms with Gasteiger partial charge in [0, 0.05) is 29.1 Å². The number of furan rings is 1. The topological polar surface area (TPSA) is 87.3 Å². The molecular formula is C15H13BrN4O2. The normalized spacial score (nSPS) is 14.8. The highest BCUT2D eigenvalue weighted by atomic mass is 79.9. The number of aromatic nitrogens is 3. The number of fused-ring (bicyclic) bond motifs is 3. The minimum absolute atomic E-state index is 0.157. The largest absolute Gasteiger partial charge is 0.506 e. The zero-order valence-electron chi connectivity index (χ0n) is 11.6. The van der Waals surface area contributed by atoms with E-state index in [0.29, 0.717) is 16.0 Å². The van der Waals surface area contributed by atoms with Crippen molar-refractivity contribution in [1.29, 1.82) is 0 Å². The van der Waals surface area contributed by atoms with Gasteiger partial charge in [0.2, 0.25) is 5.95 Å². The van der Waals surface area contributed by atoms with Gasteiger partial charge in [-0.15, -0.1) is 0 Å².